The number of nitrogens with one attached hydrogen (secondary N) is 1. The van der Waals surface area contributed by atoms with E-state index in [9.17, 15) is 4.79 Å². The van der Waals surface area contributed by atoms with Crippen molar-refractivity contribution in [2.24, 2.45) is 0 Å². The molecule has 0 bridgehead atoms. The molecular weight excluding hydrogens is 288 g/mol. The van der Waals surface area contributed by atoms with Crippen LogP contribution in [0.4, 0.5) is 11.7 Å². The average molecular weight is 302 g/mol. The molecule has 0 amide bonds. The molecule has 1 N–H and O–H groups in total. The van der Waals surface area contributed by atoms with Gasteiger partial charge in [-0.05, 0) is 42.0 Å². The fourth-order valence-electron chi connectivity index (χ4n) is 2.63. The number of anilines is 2. The molecule has 0 atom stereocenters. The van der Waals surface area contributed by atoms with Crippen LogP contribution in [0.15, 0.2) is 69.9 Å². The molecule has 0 aliphatic rings. The van der Waals surface area contributed by atoms with E-state index in [1.165, 1.54) is 0 Å². The van der Waals surface area contributed by atoms with E-state index in [-0.39, 0.29) is 11.6 Å². The zero-order chi connectivity index (χ0) is 15.8. The Bertz CT molecular complexity index is 1080. The van der Waals surface area contributed by atoms with Gasteiger partial charge < -0.3 is 9.73 Å². The number of fused-ring (bicyclic) bond motifs is 2. The van der Waals surface area contributed by atoms with Crippen LogP contribution in [0.2, 0.25) is 0 Å². The number of rotatable bonds is 2. The van der Waals surface area contributed by atoms with Gasteiger partial charge >= 0.3 is 11.6 Å². The summed E-state index contributed by atoms with van der Waals surface area (Å²) >= 11 is 0. The molecule has 4 aromatic rings. The Morgan fingerprint density at radius 1 is 0.957 bits per heavy atom. The van der Waals surface area contributed by atoms with Crippen LogP contribution >= 0.6 is 0 Å². The lowest BCUT2D eigenvalue weighted by molar-refractivity contribution is 0.522. The van der Waals surface area contributed by atoms with E-state index < -0.39 is 0 Å². The summed E-state index contributed by atoms with van der Waals surface area (Å²) in [5.74, 6) is 0. The second-order valence-corrected chi connectivity index (χ2v) is 5.51. The zero-order valence-corrected chi connectivity index (χ0v) is 12.5. The van der Waals surface area contributed by atoms with Crippen molar-refractivity contribution in [2.75, 3.05) is 5.32 Å². The monoisotopic (exact) mass is 302 g/mol. The summed E-state index contributed by atoms with van der Waals surface area (Å²) in [4.78, 5) is 16.5. The molecule has 0 saturated heterocycles. The summed E-state index contributed by atoms with van der Waals surface area (Å²) in [6.45, 7) is 1.93. The van der Waals surface area contributed by atoms with Crippen molar-refractivity contribution in [3.05, 3.63) is 76.6 Å². The highest BCUT2D eigenvalue weighted by Crippen LogP contribution is 2.22. The summed E-state index contributed by atoms with van der Waals surface area (Å²) in [5.41, 5.74) is 2.06. The fraction of sp³-hybridized carbons (Fsp3) is 0.0526. The van der Waals surface area contributed by atoms with Gasteiger partial charge in [-0.15, -0.1) is 0 Å². The highest BCUT2D eigenvalue weighted by atomic mass is 16.4. The Kier molecular flexibility index (Phi) is 3.08. The van der Waals surface area contributed by atoms with Crippen LogP contribution < -0.4 is 10.9 Å². The van der Waals surface area contributed by atoms with E-state index in [4.69, 9.17) is 4.42 Å². The minimum Gasteiger partial charge on any atom is -0.388 e. The van der Waals surface area contributed by atoms with Crippen molar-refractivity contribution >= 4 is 33.4 Å². The van der Waals surface area contributed by atoms with Crippen LogP contribution in [0.5, 0.6) is 0 Å². The molecule has 0 radical (unpaired) electrons. The smallest absolute Gasteiger partial charge is 0.348 e. The van der Waals surface area contributed by atoms with E-state index in [2.05, 4.69) is 16.4 Å². The molecule has 0 fully saturated rings. The van der Waals surface area contributed by atoms with Gasteiger partial charge in [0.2, 0.25) is 0 Å². The van der Waals surface area contributed by atoms with Gasteiger partial charge in [0.25, 0.3) is 0 Å². The molecule has 0 spiro atoms. The maximum Gasteiger partial charge on any atom is 0.348 e. The van der Waals surface area contributed by atoms with E-state index in [0.29, 0.717) is 10.9 Å². The number of nitrogens with zero attached hydrogens (tertiary/aromatic N) is 1. The molecule has 1 heterocycles. The summed E-state index contributed by atoms with van der Waals surface area (Å²) < 4.78 is 5.28. The molecular formula is C19H14N2O2. The number of benzene rings is 3. The van der Waals surface area contributed by atoms with E-state index >= 15 is 0 Å². The molecule has 1 aromatic heterocycles. The van der Waals surface area contributed by atoms with E-state index in [0.717, 1.165) is 22.0 Å². The van der Waals surface area contributed by atoms with Crippen LogP contribution in [-0.2, 0) is 0 Å². The van der Waals surface area contributed by atoms with Gasteiger partial charge in [-0.1, -0.05) is 42.0 Å². The maximum atomic E-state index is 12.1. The predicted molar refractivity (Wildman–Crippen MR) is 92.2 cm³/mol. The second kappa shape index (κ2) is 5.25. The summed E-state index contributed by atoms with van der Waals surface area (Å²) in [5, 5.41) is 5.82. The van der Waals surface area contributed by atoms with Gasteiger partial charge in [0.1, 0.15) is 0 Å². The topological polar surface area (TPSA) is 55.1 Å². The van der Waals surface area contributed by atoms with Gasteiger partial charge in [0.05, 0.1) is 10.9 Å². The highest BCUT2D eigenvalue weighted by molar-refractivity contribution is 5.86. The quantitative estimate of drug-likeness (QED) is 0.596. The van der Waals surface area contributed by atoms with Gasteiger partial charge in [0, 0.05) is 5.69 Å². The third-order valence-corrected chi connectivity index (χ3v) is 3.78. The zero-order valence-electron chi connectivity index (χ0n) is 12.5. The van der Waals surface area contributed by atoms with Gasteiger partial charge in [-0.25, -0.2) is 4.79 Å². The number of aromatic nitrogens is 1. The van der Waals surface area contributed by atoms with Crippen molar-refractivity contribution in [1.82, 2.24) is 4.98 Å². The molecule has 4 nitrogen and oxygen atoms in total. The maximum absolute atomic E-state index is 12.1. The molecule has 0 aliphatic heterocycles. The first-order valence-corrected chi connectivity index (χ1v) is 7.36. The molecule has 0 unspecified atom stereocenters. The average Bonchev–Trinajstić information content (AvgIpc) is 2.55. The van der Waals surface area contributed by atoms with Crippen LogP contribution in [-0.4, -0.2) is 4.98 Å². The molecule has 112 valence electrons. The largest absolute Gasteiger partial charge is 0.388 e. The Morgan fingerprint density at radius 2 is 1.78 bits per heavy atom. The summed E-state index contributed by atoms with van der Waals surface area (Å²) in [6.07, 6.45) is 0. The van der Waals surface area contributed by atoms with Crippen molar-refractivity contribution in [3.63, 3.8) is 0 Å². The van der Waals surface area contributed by atoms with Crippen molar-refractivity contribution in [3.8, 4) is 0 Å². The second-order valence-electron chi connectivity index (χ2n) is 5.51. The minimum atomic E-state index is -0.387. The van der Waals surface area contributed by atoms with Crippen LogP contribution in [0.3, 0.4) is 0 Å². The Hall–Kier alpha value is -3.14. The normalized spacial score (nSPS) is 11.0. The van der Waals surface area contributed by atoms with Crippen LogP contribution in [0.25, 0.3) is 21.7 Å². The number of hydrogen-bond acceptors (Lipinski definition) is 4. The van der Waals surface area contributed by atoms with Crippen LogP contribution in [0, 0.1) is 6.92 Å². The first kappa shape index (κ1) is 13.5. The standard InChI is InChI=1S/C19H14N2O2/c1-12-6-9-17-16(10-12)18(22)23-19(21-17)20-15-8-7-13-4-2-3-5-14(13)11-15/h2-11H,1H3,(H,20,21). The molecule has 4 heteroatoms. The SMILES string of the molecule is Cc1ccc2nc(Nc3ccc4ccccc4c3)oc(=O)c2c1. The molecule has 0 saturated carbocycles. The third-order valence-electron chi connectivity index (χ3n) is 3.78. The first-order chi connectivity index (χ1) is 11.2. The Balaban J connectivity index is 1.76. The minimum absolute atomic E-state index is 0.196. The fourth-order valence-corrected chi connectivity index (χ4v) is 2.63. The van der Waals surface area contributed by atoms with Crippen molar-refractivity contribution < 1.29 is 4.42 Å². The third kappa shape index (κ3) is 2.55. The molecule has 0 aliphatic carbocycles. The van der Waals surface area contributed by atoms with Crippen molar-refractivity contribution in [1.29, 1.82) is 0 Å². The molecule has 23 heavy (non-hydrogen) atoms. The lowest BCUT2D eigenvalue weighted by atomic mass is 10.1. The lowest BCUT2D eigenvalue weighted by Crippen LogP contribution is -2.05. The van der Waals surface area contributed by atoms with E-state index in [1.807, 2.05) is 55.5 Å². The molecule has 4 rings (SSSR count). The summed E-state index contributed by atoms with van der Waals surface area (Å²) in [7, 11) is 0. The van der Waals surface area contributed by atoms with Gasteiger partial charge in [0.15, 0.2) is 0 Å². The lowest BCUT2D eigenvalue weighted by Gasteiger charge is -2.06. The first-order valence-electron chi connectivity index (χ1n) is 7.36. The number of hydrogen-bond donors (Lipinski definition) is 1. The molecule has 3 aromatic carbocycles. The van der Waals surface area contributed by atoms with Gasteiger partial charge in [-0.3, -0.25) is 0 Å². The Morgan fingerprint density at radius 3 is 2.65 bits per heavy atom. The van der Waals surface area contributed by atoms with Crippen molar-refractivity contribution in [2.45, 2.75) is 6.92 Å². The van der Waals surface area contributed by atoms with Crippen LogP contribution in [0.1, 0.15) is 5.56 Å². The number of aryl methyl sites for hydroxylation is 1. The summed E-state index contributed by atoms with van der Waals surface area (Å²) in [6, 6.07) is 19.8. The predicted octanol–water partition coefficient (Wildman–Crippen LogP) is 4.39. The Labute approximate surface area is 132 Å². The van der Waals surface area contributed by atoms with Gasteiger partial charge in [-0.2, -0.15) is 4.98 Å². The van der Waals surface area contributed by atoms with E-state index in [1.54, 1.807) is 6.07 Å². The highest BCUT2D eigenvalue weighted by Gasteiger charge is 2.07.